The molecule has 16 heavy (non-hydrogen) atoms. The highest BCUT2D eigenvalue weighted by Gasteiger charge is 2.14. The van der Waals surface area contributed by atoms with Crippen molar-refractivity contribution in [1.82, 2.24) is 4.90 Å². The summed E-state index contributed by atoms with van der Waals surface area (Å²) in [6.07, 6.45) is 2.24. The maximum Gasteiger partial charge on any atom is 0.246 e. The molecule has 88 valence electrons. The standard InChI is InChI=1S/C11H15NO4/c1-9(13)8-10(14)2-3-11(15)12-4-6-16-7-5-12/h2-3H,4-8H2,1H3. The molecule has 0 spiro atoms. The van der Waals surface area contributed by atoms with Gasteiger partial charge in [-0.05, 0) is 13.0 Å². The number of allylic oxidation sites excluding steroid dienone is 1. The molecular formula is C11H15NO4. The Kier molecular flexibility index (Phi) is 4.85. The van der Waals surface area contributed by atoms with Crippen LogP contribution >= 0.6 is 0 Å². The summed E-state index contributed by atoms with van der Waals surface area (Å²) in [5, 5.41) is 0. The van der Waals surface area contributed by atoms with Crippen LogP contribution in [0.2, 0.25) is 0 Å². The Morgan fingerprint density at radius 2 is 1.81 bits per heavy atom. The van der Waals surface area contributed by atoms with Crippen molar-refractivity contribution in [1.29, 1.82) is 0 Å². The molecule has 0 radical (unpaired) electrons. The van der Waals surface area contributed by atoms with Crippen LogP contribution in [-0.2, 0) is 19.1 Å². The predicted octanol–water partition coefficient (Wildman–Crippen LogP) is -0.0504. The molecule has 1 amide bonds. The van der Waals surface area contributed by atoms with E-state index in [9.17, 15) is 14.4 Å². The molecule has 0 atom stereocenters. The van der Waals surface area contributed by atoms with E-state index in [1.165, 1.54) is 19.1 Å². The molecule has 5 heteroatoms. The third-order valence-corrected chi connectivity index (χ3v) is 2.16. The molecule has 1 heterocycles. The van der Waals surface area contributed by atoms with E-state index in [2.05, 4.69) is 0 Å². The van der Waals surface area contributed by atoms with Gasteiger partial charge >= 0.3 is 0 Å². The normalized spacial score (nSPS) is 16.4. The molecule has 0 saturated carbocycles. The third kappa shape index (κ3) is 4.35. The average molecular weight is 225 g/mol. The zero-order valence-electron chi connectivity index (χ0n) is 9.27. The van der Waals surface area contributed by atoms with E-state index in [1.54, 1.807) is 4.90 Å². The van der Waals surface area contributed by atoms with Gasteiger partial charge in [-0.15, -0.1) is 0 Å². The van der Waals surface area contributed by atoms with Crippen LogP contribution in [0.3, 0.4) is 0 Å². The molecule has 1 aliphatic heterocycles. The second-order valence-corrected chi connectivity index (χ2v) is 3.62. The first-order valence-electron chi connectivity index (χ1n) is 5.16. The number of rotatable bonds is 4. The van der Waals surface area contributed by atoms with Crippen LogP contribution < -0.4 is 0 Å². The number of morpholine rings is 1. The van der Waals surface area contributed by atoms with Gasteiger partial charge in [0.1, 0.15) is 5.78 Å². The van der Waals surface area contributed by atoms with E-state index >= 15 is 0 Å². The largest absolute Gasteiger partial charge is 0.378 e. The first-order valence-corrected chi connectivity index (χ1v) is 5.16. The van der Waals surface area contributed by atoms with Crippen molar-refractivity contribution < 1.29 is 19.1 Å². The number of ether oxygens (including phenoxy) is 1. The van der Waals surface area contributed by atoms with E-state index < -0.39 is 0 Å². The van der Waals surface area contributed by atoms with Crippen molar-refractivity contribution in [2.24, 2.45) is 0 Å². The van der Waals surface area contributed by atoms with Crippen molar-refractivity contribution in [2.45, 2.75) is 13.3 Å². The van der Waals surface area contributed by atoms with Gasteiger partial charge in [0.15, 0.2) is 5.78 Å². The number of carbonyl (C=O) groups is 3. The van der Waals surface area contributed by atoms with Crippen LogP contribution in [0.5, 0.6) is 0 Å². The Bertz CT molecular complexity index is 316. The van der Waals surface area contributed by atoms with Crippen LogP contribution in [0.4, 0.5) is 0 Å². The summed E-state index contributed by atoms with van der Waals surface area (Å²) in [6.45, 7) is 3.49. The third-order valence-electron chi connectivity index (χ3n) is 2.16. The van der Waals surface area contributed by atoms with Gasteiger partial charge in [0.2, 0.25) is 5.91 Å². The van der Waals surface area contributed by atoms with Crippen LogP contribution in [0.15, 0.2) is 12.2 Å². The molecule has 0 unspecified atom stereocenters. The van der Waals surface area contributed by atoms with E-state index in [-0.39, 0.29) is 23.9 Å². The maximum absolute atomic E-state index is 11.5. The Hall–Kier alpha value is -1.49. The number of hydrogen-bond donors (Lipinski definition) is 0. The molecule has 5 nitrogen and oxygen atoms in total. The van der Waals surface area contributed by atoms with Crippen molar-refractivity contribution in [3.05, 3.63) is 12.2 Å². The molecule has 1 aliphatic rings. The van der Waals surface area contributed by atoms with Crippen molar-refractivity contribution in [2.75, 3.05) is 26.3 Å². The molecule has 0 bridgehead atoms. The second kappa shape index (κ2) is 6.17. The fourth-order valence-electron chi connectivity index (χ4n) is 1.36. The molecular weight excluding hydrogens is 210 g/mol. The van der Waals surface area contributed by atoms with Gasteiger partial charge in [0.25, 0.3) is 0 Å². The van der Waals surface area contributed by atoms with Crippen LogP contribution in [-0.4, -0.2) is 48.7 Å². The maximum atomic E-state index is 11.5. The number of nitrogens with zero attached hydrogens (tertiary/aromatic N) is 1. The summed E-state index contributed by atoms with van der Waals surface area (Å²) in [7, 11) is 0. The van der Waals surface area contributed by atoms with Gasteiger partial charge in [0.05, 0.1) is 19.6 Å². The van der Waals surface area contributed by atoms with E-state index in [0.29, 0.717) is 26.3 Å². The zero-order chi connectivity index (χ0) is 12.0. The monoisotopic (exact) mass is 225 g/mol. The number of Topliss-reactive ketones (excluding diaryl/α,β-unsaturated/α-hetero) is 1. The molecule has 1 rings (SSSR count). The molecule has 0 aromatic rings. The molecule has 1 fully saturated rings. The lowest BCUT2D eigenvalue weighted by atomic mass is 10.2. The van der Waals surface area contributed by atoms with Gasteiger partial charge in [-0.2, -0.15) is 0 Å². The van der Waals surface area contributed by atoms with E-state index in [0.717, 1.165) is 0 Å². The van der Waals surface area contributed by atoms with Crippen LogP contribution in [0, 0.1) is 0 Å². The van der Waals surface area contributed by atoms with Gasteiger partial charge in [-0.25, -0.2) is 0 Å². The summed E-state index contributed by atoms with van der Waals surface area (Å²) in [5.74, 6) is -0.747. The highest BCUT2D eigenvalue weighted by atomic mass is 16.5. The Morgan fingerprint density at radius 1 is 1.19 bits per heavy atom. The summed E-state index contributed by atoms with van der Waals surface area (Å²) >= 11 is 0. The molecule has 0 aliphatic carbocycles. The Labute approximate surface area is 94.1 Å². The Morgan fingerprint density at radius 3 is 2.38 bits per heavy atom. The van der Waals surface area contributed by atoms with Gasteiger partial charge in [0, 0.05) is 19.2 Å². The fourth-order valence-corrected chi connectivity index (χ4v) is 1.36. The summed E-state index contributed by atoms with van der Waals surface area (Å²) in [6, 6.07) is 0. The van der Waals surface area contributed by atoms with Gasteiger partial charge in [-0.3, -0.25) is 14.4 Å². The molecule has 1 saturated heterocycles. The van der Waals surface area contributed by atoms with Gasteiger partial charge < -0.3 is 9.64 Å². The van der Waals surface area contributed by atoms with Crippen LogP contribution in [0.25, 0.3) is 0 Å². The minimum atomic E-state index is -0.339. The van der Waals surface area contributed by atoms with Gasteiger partial charge in [-0.1, -0.05) is 0 Å². The first kappa shape index (κ1) is 12.6. The van der Waals surface area contributed by atoms with Crippen molar-refractivity contribution in [3.63, 3.8) is 0 Å². The predicted molar refractivity (Wildman–Crippen MR) is 56.8 cm³/mol. The minimum Gasteiger partial charge on any atom is -0.378 e. The van der Waals surface area contributed by atoms with E-state index in [4.69, 9.17) is 4.74 Å². The first-order chi connectivity index (χ1) is 7.59. The number of amides is 1. The smallest absolute Gasteiger partial charge is 0.246 e. The van der Waals surface area contributed by atoms with Crippen molar-refractivity contribution in [3.8, 4) is 0 Å². The number of carbonyl (C=O) groups excluding carboxylic acids is 3. The zero-order valence-corrected chi connectivity index (χ0v) is 9.27. The molecule has 0 aromatic heterocycles. The number of hydrogen-bond acceptors (Lipinski definition) is 4. The molecule has 0 aromatic carbocycles. The minimum absolute atomic E-state index is 0.146. The topological polar surface area (TPSA) is 63.7 Å². The van der Waals surface area contributed by atoms with Crippen molar-refractivity contribution >= 4 is 17.5 Å². The Balaban J connectivity index is 2.40. The second-order valence-electron chi connectivity index (χ2n) is 3.62. The number of ketones is 2. The lowest BCUT2D eigenvalue weighted by Crippen LogP contribution is -2.39. The lowest BCUT2D eigenvalue weighted by Gasteiger charge is -2.25. The average Bonchev–Trinajstić information content (AvgIpc) is 2.26. The van der Waals surface area contributed by atoms with E-state index in [1.807, 2.05) is 0 Å². The summed E-state index contributed by atoms with van der Waals surface area (Å²) in [4.78, 5) is 34.9. The lowest BCUT2D eigenvalue weighted by molar-refractivity contribution is -0.130. The highest BCUT2D eigenvalue weighted by Crippen LogP contribution is 1.98. The summed E-state index contributed by atoms with van der Waals surface area (Å²) in [5.41, 5.74) is 0. The van der Waals surface area contributed by atoms with Crippen LogP contribution in [0.1, 0.15) is 13.3 Å². The molecule has 0 N–H and O–H groups in total. The highest BCUT2D eigenvalue weighted by molar-refractivity contribution is 6.06. The quantitative estimate of drug-likeness (QED) is 0.497. The SMILES string of the molecule is CC(=O)CC(=O)C=CC(=O)N1CCOCC1. The summed E-state index contributed by atoms with van der Waals surface area (Å²) < 4.78 is 5.10. The fraction of sp³-hybridized carbons (Fsp3) is 0.545.